The highest BCUT2D eigenvalue weighted by Gasteiger charge is 2.12. The fourth-order valence-corrected chi connectivity index (χ4v) is 2.10. The smallest absolute Gasteiger partial charge is 0.251 e. The number of nitrogens with one attached hydrogen (secondary N) is 1. The molecular formula is C15H22ClNO2. The largest absolute Gasteiger partial charge is 0.491 e. The second kappa shape index (κ2) is 7.39. The monoisotopic (exact) mass is 283 g/mol. The third kappa shape index (κ3) is 5.97. The molecular weight excluding hydrogens is 262 g/mol. The zero-order valence-corrected chi connectivity index (χ0v) is 12.7. The fraction of sp³-hybridized carbons (Fsp3) is 0.533. The van der Waals surface area contributed by atoms with E-state index < -0.39 is 0 Å². The van der Waals surface area contributed by atoms with E-state index in [9.17, 15) is 4.79 Å². The first-order valence-electron chi connectivity index (χ1n) is 6.60. The van der Waals surface area contributed by atoms with E-state index in [0.29, 0.717) is 11.3 Å². The summed E-state index contributed by atoms with van der Waals surface area (Å²) in [5.41, 5.74) is 0.604. The van der Waals surface area contributed by atoms with E-state index >= 15 is 0 Å². The molecule has 0 aliphatic rings. The van der Waals surface area contributed by atoms with Crippen molar-refractivity contribution in [1.82, 2.24) is 5.32 Å². The van der Waals surface area contributed by atoms with Crippen LogP contribution in [0.5, 0.6) is 5.75 Å². The van der Waals surface area contributed by atoms with Crippen LogP contribution in [0.1, 0.15) is 44.5 Å². The Morgan fingerprint density at radius 1 is 1.32 bits per heavy atom. The van der Waals surface area contributed by atoms with Crippen LogP contribution in [0, 0.1) is 0 Å². The van der Waals surface area contributed by atoms with Gasteiger partial charge < -0.3 is 10.1 Å². The molecule has 3 nitrogen and oxygen atoms in total. The summed E-state index contributed by atoms with van der Waals surface area (Å²) in [6, 6.07) is 7.25. The van der Waals surface area contributed by atoms with Crippen molar-refractivity contribution < 1.29 is 9.53 Å². The zero-order valence-electron chi connectivity index (χ0n) is 11.9. The van der Waals surface area contributed by atoms with Crippen LogP contribution >= 0.6 is 11.6 Å². The van der Waals surface area contributed by atoms with Gasteiger partial charge in [-0.05, 0) is 52.3 Å². The number of hydrogen-bond acceptors (Lipinski definition) is 2. The molecule has 2 atom stereocenters. The van der Waals surface area contributed by atoms with E-state index in [1.807, 2.05) is 39.8 Å². The summed E-state index contributed by atoms with van der Waals surface area (Å²) in [7, 11) is 0. The van der Waals surface area contributed by atoms with Crippen LogP contribution in [0.25, 0.3) is 0 Å². The predicted octanol–water partition coefficient (Wildman–Crippen LogP) is 3.61. The molecule has 0 heterocycles. The minimum Gasteiger partial charge on any atom is -0.491 e. The van der Waals surface area contributed by atoms with Crippen molar-refractivity contribution in [2.75, 3.05) is 0 Å². The summed E-state index contributed by atoms with van der Waals surface area (Å²) >= 11 is 5.91. The van der Waals surface area contributed by atoms with Gasteiger partial charge in [-0.2, -0.15) is 0 Å². The third-order valence-corrected chi connectivity index (χ3v) is 2.70. The lowest BCUT2D eigenvalue weighted by molar-refractivity contribution is 0.0938. The van der Waals surface area contributed by atoms with Gasteiger partial charge in [0.05, 0.1) is 6.10 Å². The normalized spacial score (nSPS) is 14.0. The molecule has 4 heteroatoms. The summed E-state index contributed by atoms with van der Waals surface area (Å²) in [6.07, 6.45) is 0.837. The number of halogens is 1. The molecule has 1 rings (SSSR count). The Labute approximate surface area is 120 Å². The van der Waals surface area contributed by atoms with E-state index in [-0.39, 0.29) is 23.4 Å². The predicted molar refractivity (Wildman–Crippen MR) is 79.1 cm³/mol. The summed E-state index contributed by atoms with van der Waals surface area (Å²) in [4.78, 5) is 12.1. The van der Waals surface area contributed by atoms with Crippen molar-refractivity contribution >= 4 is 17.5 Å². The average molecular weight is 284 g/mol. The van der Waals surface area contributed by atoms with Crippen LogP contribution in [-0.2, 0) is 0 Å². The van der Waals surface area contributed by atoms with Gasteiger partial charge in [-0.1, -0.05) is 6.07 Å². The lowest BCUT2D eigenvalue weighted by Gasteiger charge is -2.16. The van der Waals surface area contributed by atoms with E-state index in [4.69, 9.17) is 16.3 Å². The quantitative estimate of drug-likeness (QED) is 0.810. The van der Waals surface area contributed by atoms with Gasteiger partial charge in [-0.15, -0.1) is 11.6 Å². The van der Waals surface area contributed by atoms with Gasteiger partial charge in [0.1, 0.15) is 5.75 Å². The van der Waals surface area contributed by atoms with Gasteiger partial charge in [0.15, 0.2) is 0 Å². The zero-order chi connectivity index (χ0) is 14.4. The number of ether oxygens (including phenoxy) is 1. The number of carbonyl (C=O) groups excluding carboxylic acids is 1. The number of carbonyl (C=O) groups is 1. The van der Waals surface area contributed by atoms with Crippen molar-refractivity contribution in [3.63, 3.8) is 0 Å². The Morgan fingerprint density at radius 2 is 2.00 bits per heavy atom. The van der Waals surface area contributed by atoms with Crippen molar-refractivity contribution in [2.45, 2.75) is 51.6 Å². The molecule has 2 unspecified atom stereocenters. The molecule has 0 saturated carbocycles. The number of amides is 1. The molecule has 106 valence electrons. The Morgan fingerprint density at radius 3 is 2.58 bits per heavy atom. The molecule has 0 radical (unpaired) electrons. The maximum Gasteiger partial charge on any atom is 0.251 e. The second-order valence-electron chi connectivity index (χ2n) is 5.09. The van der Waals surface area contributed by atoms with Crippen molar-refractivity contribution in [3.05, 3.63) is 29.8 Å². The highest BCUT2D eigenvalue weighted by atomic mass is 35.5. The average Bonchev–Trinajstić information content (AvgIpc) is 2.27. The highest BCUT2D eigenvalue weighted by molar-refractivity contribution is 6.20. The van der Waals surface area contributed by atoms with Crippen LogP contribution < -0.4 is 10.1 Å². The Balaban J connectivity index is 2.66. The summed E-state index contributed by atoms with van der Waals surface area (Å²) < 4.78 is 5.57. The third-order valence-electron chi connectivity index (χ3n) is 2.52. The van der Waals surface area contributed by atoms with Crippen molar-refractivity contribution in [3.8, 4) is 5.75 Å². The number of benzene rings is 1. The molecule has 1 N–H and O–H groups in total. The summed E-state index contributed by atoms with van der Waals surface area (Å²) in [6.45, 7) is 7.78. The standard InChI is InChI=1S/C15H22ClNO2/c1-10(2)19-14-7-5-6-13(9-14)15(18)17-12(4)8-11(3)16/h5-7,9-12H,8H2,1-4H3,(H,17,18). The maximum absolute atomic E-state index is 12.1. The number of alkyl halides is 1. The van der Waals surface area contributed by atoms with Crippen molar-refractivity contribution in [2.24, 2.45) is 0 Å². The van der Waals surface area contributed by atoms with Gasteiger partial charge in [0.25, 0.3) is 5.91 Å². The fourth-order valence-electron chi connectivity index (χ4n) is 1.84. The topological polar surface area (TPSA) is 38.3 Å². The number of hydrogen-bond donors (Lipinski definition) is 1. The Hall–Kier alpha value is -1.22. The Kier molecular flexibility index (Phi) is 6.16. The maximum atomic E-state index is 12.1. The van der Waals surface area contributed by atoms with Gasteiger partial charge in [-0.25, -0.2) is 0 Å². The van der Waals surface area contributed by atoms with E-state index in [1.165, 1.54) is 0 Å². The Bertz CT molecular complexity index is 418. The van der Waals surface area contributed by atoms with Crippen LogP contribution in [0.15, 0.2) is 24.3 Å². The van der Waals surface area contributed by atoms with Crippen LogP contribution in [0.4, 0.5) is 0 Å². The molecule has 1 amide bonds. The van der Waals surface area contributed by atoms with E-state index in [1.54, 1.807) is 12.1 Å². The molecule has 1 aromatic rings. The first-order valence-corrected chi connectivity index (χ1v) is 7.03. The molecule has 0 aliphatic carbocycles. The van der Waals surface area contributed by atoms with Gasteiger partial charge in [0.2, 0.25) is 0 Å². The van der Waals surface area contributed by atoms with E-state index in [0.717, 1.165) is 6.42 Å². The van der Waals surface area contributed by atoms with Gasteiger partial charge in [0, 0.05) is 17.0 Å². The minimum absolute atomic E-state index is 0.0471. The van der Waals surface area contributed by atoms with Crippen LogP contribution in [0.3, 0.4) is 0 Å². The summed E-state index contributed by atoms with van der Waals surface area (Å²) in [5.74, 6) is 0.611. The SMILES string of the molecule is CC(Cl)CC(C)NC(=O)c1cccc(OC(C)C)c1. The summed E-state index contributed by atoms with van der Waals surface area (Å²) in [5, 5.41) is 2.98. The molecule has 0 fully saturated rings. The highest BCUT2D eigenvalue weighted by Crippen LogP contribution is 2.15. The lowest BCUT2D eigenvalue weighted by atomic mass is 10.1. The second-order valence-corrected chi connectivity index (χ2v) is 5.83. The van der Waals surface area contributed by atoms with Gasteiger partial charge >= 0.3 is 0 Å². The molecule has 0 spiro atoms. The van der Waals surface area contributed by atoms with Crippen molar-refractivity contribution in [1.29, 1.82) is 0 Å². The first kappa shape index (κ1) is 15.8. The molecule has 19 heavy (non-hydrogen) atoms. The molecule has 0 aromatic heterocycles. The number of rotatable bonds is 6. The molecule has 1 aromatic carbocycles. The van der Waals surface area contributed by atoms with Gasteiger partial charge in [-0.3, -0.25) is 4.79 Å². The molecule has 0 aliphatic heterocycles. The minimum atomic E-state index is -0.0981. The van der Waals surface area contributed by atoms with E-state index in [2.05, 4.69) is 5.32 Å². The lowest BCUT2D eigenvalue weighted by Crippen LogP contribution is -2.33. The van der Waals surface area contributed by atoms with Crippen LogP contribution in [0.2, 0.25) is 0 Å². The molecule has 0 bridgehead atoms. The first-order chi connectivity index (χ1) is 8.88. The van der Waals surface area contributed by atoms with Crippen LogP contribution in [-0.4, -0.2) is 23.4 Å². The molecule has 0 saturated heterocycles.